The lowest BCUT2D eigenvalue weighted by Crippen LogP contribution is -2.60. The molecule has 36 heavy (non-hydrogen) atoms. The molecule has 9 heteroatoms. The zero-order valence-corrected chi connectivity index (χ0v) is 23.2. The van der Waals surface area contributed by atoms with Crippen LogP contribution in [0.3, 0.4) is 0 Å². The Balaban J connectivity index is 1.83. The van der Waals surface area contributed by atoms with E-state index >= 15 is 0 Å². The summed E-state index contributed by atoms with van der Waals surface area (Å²) in [6, 6.07) is -2.56. The minimum atomic E-state index is -0.913. The standard InChI is InChI=1S/C27H43N3O6/c1-14(31)20(32)17(12-15-10-11-15)28-22(33)19-18-16(27(18,8)9)13-30(19)23(34)21(25(2,3)4)29-24(35)36-26(5,6)7/h15-19,21H,10-13H2,1-9H3,(H,28,33)(H,29,35)/t16-,17?,18-,19-,21+/m0/s1. The number of Topliss-reactive ketones (excluding diaryl/α,β-unsaturated/α-hetero) is 2. The molecule has 2 N–H and O–H groups in total. The number of carbonyl (C=O) groups excluding carboxylic acids is 5. The molecule has 1 saturated heterocycles. The zero-order valence-electron chi connectivity index (χ0n) is 23.2. The van der Waals surface area contributed by atoms with E-state index in [1.807, 2.05) is 20.8 Å². The van der Waals surface area contributed by atoms with Crippen molar-refractivity contribution in [3.8, 4) is 0 Å². The van der Waals surface area contributed by atoms with Gasteiger partial charge in [0, 0.05) is 13.5 Å². The minimum Gasteiger partial charge on any atom is -0.444 e. The molecule has 3 amide bonds. The van der Waals surface area contributed by atoms with E-state index in [0.29, 0.717) is 18.9 Å². The van der Waals surface area contributed by atoms with E-state index in [2.05, 4.69) is 24.5 Å². The number of fused-ring (bicyclic) bond motifs is 1. The van der Waals surface area contributed by atoms with Crippen molar-refractivity contribution in [2.45, 2.75) is 105 Å². The van der Waals surface area contributed by atoms with Gasteiger partial charge in [-0.15, -0.1) is 0 Å². The molecule has 1 unspecified atom stereocenters. The highest BCUT2D eigenvalue weighted by Gasteiger charge is 2.70. The topological polar surface area (TPSA) is 122 Å². The summed E-state index contributed by atoms with van der Waals surface area (Å²) >= 11 is 0. The molecule has 1 aliphatic heterocycles. The molecule has 202 valence electrons. The van der Waals surface area contributed by atoms with E-state index in [4.69, 9.17) is 4.74 Å². The van der Waals surface area contributed by atoms with Gasteiger partial charge in [-0.2, -0.15) is 0 Å². The molecule has 5 atom stereocenters. The van der Waals surface area contributed by atoms with Crippen LogP contribution in [0.4, 0.5) is 4.79 Å². The Morgan fingerprint density at radius 1 is 1.00 bits per heavy atom. The van der Waals surface area contributed by atoms with E-state index in [-0.39, 0.29) is 23.2 Å². The molecule has 0 bridgehead atoms. The summed E-state index contributed by atoms with van der Waals surface area (Å²) in [7, 11) is 0. The summed E-state index contributed by atoms with van der Waals surface area (Å²) in [5.41, 5.74) is -1.49. The number of nitrogens with one attached hydrogen (secondary N) is 2. The van der Waals surface area contributed by atoms with Gasteiger partial charge in [0.15, 0.2) is 5.78 Å². The summed E-state index contributed by atoms with van der Waals surface area (Å²) in [6.07, 6.45) is 1.70. The number of ether oxygens (including phenoxy) is 1. The van der Waals surface area contributed by atoms with Crippen LogP contribution in [0.1, 0.15) is 81.6 Å². The van der Waals surface area contributed by atoms with Gasteiger partial charge >= 0.3 is 6.09 Å². The normalized spacial score (nSPS) is 26.4. The first-order valence-corrected chi connectivity index (χ1v) is 13.0. The fourth-order valence-electron chi connectivity index (χ4n) is 5.47. The predicted octanol–water partition coefficient (Wildman–Crippen LogP) is 2.85. The third-order valence-corrected chi connectivity index (χ3v) is 7.78. The molecule has 2 aliphatic carbocycles. The third kappa shape index (κ3) is 6.09. The first-order valence-electron chi connectivity index (χ1n) is 13.0. The van der Waals surface area contributed by atoms with Crippen LogP contribution < -0.4 is 10.6 Å². The molecule has 0 aromatic heterocycles. The number of rotatable bonds is 8. The van der Waals surface area contributed by atoms with Crippen molar-refractivity contribution in [3.63, 3.8) is 0 Å². The Hall–Kier alpha value is -2.45. The molecule has 0 spiro atoms. The average Bonchev–Trinajstić information content (AvgIpc) is 3.55. The third-order valence-electron chi connectivity index (χ3n) is 7.78. The second kappa shape index (κ2) is 9.45. The van der Waals surface area contributed by atoms with E-state index in [1.165, 1.54) is 6.92 Å². The summed E-state index contributed by atoms with van der Waals surface area (Å²) in [5.74, 6) is -1.54. The molecule has 9 nitrogen and oxygen atoms in total. The molecule has 0 aromatic carbocycles. The van der Waals surface area contributed by atoms with Gasteiger partial charge in [-0.05, 0) is 55.8 Å². The van der Waals surface area contributed by atoms with Gasteiger partial charge in [-0.3, -0.25) is 19.2 Å². The largest absolute Gasteiger partial charge is 0.444 e. The molecule has 0 aromatic rings. The Morgan fingerprint density at radius 3 is 2.06 bits per heavy atom. The van der Waals surface area contributed by atoms with Crippen LogP contribution in [0.15, 0.2) is 0 Å². The molecule has 1 heterocycles. The number of piperidine rings is 1. The lowest BCUT2D eigenvalue weighted by molar-refractivity contribution is -0.145. The van der Waals surface area contributed by atoms with Crippen LogP contribution in [0.25, 0.3) is 0 Å². The first-order chi connectivity index (χ1) is 16.3. The van der Waals surface area contributed by atoms with Crippen molar-refractivity contribution in [3.05, 3.63) is 0 Å². The van der Waals surface area contributed by atoms with Crippen LogP contribution in [0.5, 0.6) is 0 Å². The van der Waals surface area contributed by atoms with Gasteiger partial charge in [0.25, 0.3) is 0 Å². The Labute approximate surface area is 214 Å². The van der Waals surface area contributed by atoms with Crippen molar-refractivity contribution in [1.29, 1.82) is 0 Å². The van der Waals surface area contributed by atoms with E-state index < -0.39 is 52.7 Å². The molecular weight excluding hydrogens is 462 g/mol. The summed E-state index contributed by atoms with van der Waals surface area (Å²) in [4.78, 5) is 66.0. The lowest BCUT2D eigenvalue weighted by atomic mass is 9.85. The second-order valence-electron chi connectivity index (χ2n) is 13.5. The number of amides is 3. The van der Waals surface area contributed by atoms with Gasteiger partial charge < -0.3 is 20.3 Å². The summed E-state index contributed by atoms with van der Waals surface area (Å²) < 4.78 is 5.39. The number of alkyl carbamates (subject to hydrolysis) is 1. The van der Waals surface area contributed by atoms with E-state index in [9.17, 15) is 24.0 Å². The molecular formula is C27H43N3O6. The van der Waals surface area contributed by atoms with Gasteiger partial charge in [0.2, 0.25) is 17.6 Å². The smallest absolute Gasteiger partial charge is 0.408 e. The minimum absolute atomic E-state index is 0.0578. The van der Waals surface area contributed by atoms with Crippen molar-refractivity contribution < 1.29 is 28.7 Å². The Kier molecular flexibility index (Phi) is 7.38. The maximum atomic E-state index is 13.9. The number of hydrogen-bond acceptors (Lipinski definition) is 6. The number of ketones is 2. The van der Waals surface area contributed by atoms with Gasteiger partial charge in [0.1, 0.15) is 17.7 Å². The van der Waals surface area contributed by atoms with Crippen LogP contribution in [-0.2, 0) is 23.9 Å². The van der Waals surface area contributed by atoms with Crippen LogP contribution >= 0.6 is 0 Å². The monoisotopic (exact) mass is 505 g/mol. The Morgan fingerprint density at radius 2 is 1.58 bits per heavy atom. The highest BCUT2D eigenvalue weighted by atomic mass is 16.6. The number of hydrogen-bond donors (Lipinski definition) is 2. The zero-order chi connectivity index (χ0) is 27.4. The first kappa shape index (κ1) is 28.1. The number of likely N-dealkylation sites (tertiary alicyclic amines) is 1. The number of nitrogens with zero attached hydrogens (tertiary/aromatic N) is 1. The molecule has 2 saturated carbocycles. The van der Waals surface area contributed by atoms with Crippen LogP contribution in [-0.4, -0.2) is 64.6 Å². The van der Waals surface area contributed by atoms with Crippen molar-refractivity contribution in [2.24, 2.45) is 28.6 Å². The maximum absolute atomic E-state index is 13.9. The Bertz CT molecular complexity index is 940. The highest BCUT2D eigenvalue weighted by molar-refractivity contribution is 6.38. The molecule has 3 rings (SSSR count). The van der Waals surface area contributed by atoms with Gasteiger partial charge in [-0.25, -0.2) is 4.79 Å². The van der Waals surface area contributed by atoms with E-state index in [1.54, 1.807) is 25.7 Å². The van der Waals surface area contributed by atoms with Crippen LogP contribution in [0, 0.1) is 28.6 Å². The predicted molar refractivity (Wildman–Crippen MR) is 134 cm³/mol. The van der Waals surface area contributed by atoms with Crippen LogP contribution in [0.2, 0.25) is 0 Å². The number of carbonyl (C=O) groups is 5. The second-order valence-corrected chi connectivity index (χ2v) is 13.5. The van der Waals surface area contributed by atoms with Gasteiger partial charge in [0.05, 0.1) is 6.04 Å². The fraction of sp³-hybridized carbons (Fsp3) is 0.815. The van der Waals surface area contributed by atoms with Crippen molar-refractivity contribution >= 4 is 29.5 Å². The maximum Gasteiger partial charge on any atom is 0.408 e. The van der Waals surface area contributed by atoms with Crippen molar-refractivity contribution in [1.82, 2.24) is 15.5 Å². The summed E-state index contributed by atoms with van der Waals surface area (Å²) in [6.45, 7) is 16.5. The SMILES string of the molecule is CC(=O)C(=O)C(CC1CC1)NC(=O)[C@@H]1[C@@H]2[C@H](CN1C(=O)[C@@H](NC(=O)OC(C)(C)C)C(C)(C)C)C2(C)C. The molecule has 3 fully saturated rings. The quantitative estimate of drug-likeness (QED) is 0.489. The fourth-order valence-corrected chi connectivity index (χ4v) is 5.47. The average molecular weight is 506 g/mol. The molecule has 3 aliphatic rings. The summed E-state index contributed by atoms with van der Waals surface area (Å²) in [5, 5.41) is 5.55. The highest BCUT2D eigenvalue weighted by Crippen LogP contribution is 2.65. The van der Waals surface area contributed by atoms with Gasteiger partial charge in [-0.1, -0.05) is 47.5 Å². The molecule has 0 radical (unpaired) electrons. The lowest BCUT2D eigenvalue weighted by Gasteiger charge is -2.38. The van der Waals surface area contributed by atoms with Crippen molar-refractivity contribution in [2.75, 3.05) is 6.54 Å². The van der Waals surface area contributed by atoms with E-state index in [0.717, 1.165) is 12.8 Å².